The molecule has 4 heteroatoms. The lowest BCUT2D eigenvalue weighted by molar-refractivity contribution is -0.124. The molecule has 1 aliphatic heterocycles. The van der Waals surface area contributed by atoms with Crippen LogP contribution in [0.2, 0.25) is 0 Å². The zero-order valence-corrected chi connectivity index (χ0v) is 12.8. The van der Waals surface area contributed by atoms with Gasteiger partial charge in [-0.1, -0.05) is 24.3 Å². The van der Waals surface area contributed by atoms with E-state index >= 15 is 0 Å². The molecule has 2 fully saturated rings. The summed E-state index contributed by atoms with van der Waals surface area (Å²) in [6.45, 7) is 4.09. The van der Waals surface area contributed by atoms with Gasteiger partial charge in [-0.2, -0.15) is 0 Å². The van der Waals surface area contributed by atoms with Crippen LogP contribution in [0.4, 0.5) is 0 Å². The van der Waals surface area contributed by atoms with Gasteiger partial charge in [0.1, 0.15) is 0 Å². The van der Waals surface area contributed by atoms with Gasteiger partial charge in [-0.15, -0.1) is 12.4 Å². The number of aryl methyl sites for hydroxylation is 1. The van der Waals surface area contributed by atoms with E-state index in [4.69, 9.17) is 0 Å². The molecule has 0 aromatic heterocycles. The third kappa shape index (κ3) is 2.84. The summed E-state index contributed by atoms with van der Waals surface area (Å²) in [5.74, 6) is 0.232. The summed E-state index contributed by atoms with van der Waals surface area (Å²) in [4.78, 5) is 12.6. The highest BCUT2D eigenvalue weighted by molar-refractivity contribution is 5.91. The number of carbonyl (C=O) groups excluding carboxylic acids is 1. The molecule has 0 unspecified atom stereocenters. The highest BCUT2D eigenvalue weighted by Crippen LogP contribution is 2.49. The number of carbonyl (C=O) groups is 1. The van der Waals surface area contributed by atoms with E-state index < -0.39 is 0 Å². The summed E-state index contributed by atoms with van der Waals surface area (Å²) in [5, 5.41) is 6.59. The average molecular weight is 295 g/mol. The lowest BCUT2D eigenvalue weighted by Crippen LogP contribution is -2.48. The molecule has 1 aliphatic carbocycles. The van der Waals surface area contributed by atoms with Gasteiger partial charge in [0, 0.05) is 12.6 Å². The second-order valence-electron chi connectivity index (χ2n) is 5.91. The molecule has 1 amide bonds. The van der Waals surface area contributed by atoms with Gasteiger partial charge < -0.3 is 10.6 Å². The van der Waals surface area contributed by atoms with Crippen LogP contribution in [-0.4, -0.2) is 25.0 Å². The third-order valence-corrected chi connectivity index (χ3v) is 4.48. The Morgan fingerprint density at radius 1 is 1.35 bits per heavy atom. The number of benzene rings is 1. The van der Waals surface area contributed by atoms with Gasteiger partial charge in [-0.25, -0.2) is 0 Å². The molecular weight excluding hydrogens is 272 g/mol. The van der Waals surface area contributed by atoms with E-state index in [1.54, 1.807) is 0 Å². The monoisotopic (exact) mass is 294 g/mol. The Morgan fingerprint density at radius 2 is 2.10 bits per heavy atom. The van der Waals surface area contributed by atoms with Gasteiger partial charge in [0.15, 0.2) is 0 Å². The van der Waals surface area contributed by atoms with E-state index in [0.29, 0.717) is 6.04 Å². The van der Waals surface area contributed by atoms with Crippen LogP contribution in [-0.2, 0) is 10.2 Å². The van der Waals surface area contributed by atoms with Crippen molar-refractivity contribution in [3.05, 3.63) is 35.4 Å². The zero-order valence-electron chi connectivity index (χ0n) is 11.9. The van der Waals surface area contributed by atoms with Crippen molar-refractivity contribution < 1.29 is 4.79 Å². The van der Waals surface area contributed by atoms with Crippen LogP contribution in [0.25, 0.3) is 0 Å². The summed E-state index contributed by atoms with van der Waals surface area (Å²) in [7, 11) is 0. The summed E-state index contributed by atoms with van der Waals surface area (Å²) in [6.07, 6.45) is 4.23. The van der Waals surface area contributed by atoms with Crippen LogP contribution in [0.1, 0.15) is 36.8 Å². The van der Waals surface area contributed by atoms with Gasteiger partial charge in [0.05, 0.1) is 5.41 Å². The SMILES string of the molecule is Cc1ccccc1C1(C(=O)N[C@H]2CCCNC2)CC1.Cl. The van der Waals surface area contributed by atoms with Crippen LogP contribution >= 0.6 is 12.4 Å². The molecule has 1 aromatic carbocycles. The van der Waals surface area contributed by atoms with Crippen molar-refractivity contribution in [1.82, 2.24) is 10.6 Å². The van der Waals surface area contributed by atoms with Crippen LogP contribution in [0.3, 0.4) is 0 Å². The van der Waals surface area contributed by atoms with Crippen molar-refractivity contribution in [1.29, 1.82) is 0 Å². The van der Waals surface area contributed by atoms with Gasteiger partial charge in [0.2, 0.25) is 5.91 Å². The molecular formula is C16H23ClN2O. The predicted molar refractivity (Wildman–Crippen MR) is 83.4 cm³/mol. The van der Waals surface area contributed by atoms with E-state index in [1.165, 1.54) is 11.1 Å². The molecule has 1 saturated heterocycles. The fourth-order valence-electron chi connectivity index (χ4n) is 3.15. The summed E-state index contributed by atoms with van der Waals surface area (Å²) < 4.78 is 0. The smallest absolute Gasteiger partial charge is 0.230 e. The van der Waals surface area contributed by atoms with Crippen molar-refractivity contribution in [2.75, 3.05) is 13.1 Å². The topological polar surface area (TPSA) is 41.1 Å². The maximum absolute atomic E-state index is 12.6. The number of halogens is 1. The molecule has 110 valence electrons. The van der Waals surface area contributed by atoms with Crippen molar-refractivity contribution >= 4 is 18.3 Å². The minimum Gasteiger partial charge on any atom is -0.351 e. The molecule has 1 aromatic rings. The van der Waals surface area contributed by atoms with Crippen LogP contribution in [0, 0.1) is 6.92 Å². The van der Waals surface area contributed by atoms with Gasteiger partial charge in [0.25, 0.3) is 0 Å². The highest BCUT2D eigenvalue weighted by Gasteiger charge is 2.52. The Balaban J connectivity index is 0.00000147. The molecule has 20 heavy (non-hydrogen) atoms. The first-order chi connectivity index (χ1) is 9.22. The molecule has 1 saturated carbocycles. The van der Waals surface area contributed by atoms with Crippen molar-refractivity contribution in [2.45, 2.75) is 44.1 Å². The second kappa shape index (κ2) is 6.15. The first-order valence-electron chi connectivity index (χ1n) is 7.30. The van der Waals surface area contributed by atoms with E-state index in [1.807, 2.05) is 12.1 Å². The van der Waals surface area contributed by atoms with Crippen LogP contribution in [0.5, 0.6) is 0 Å². The number of amides is 1. The Bertz CT molecular complexity index is 479. The van der Waals surface area contributed by atoms with E-state index in [-0.39, 0.29) is 23.7 Å². The highest BCUT2D eigenvalue weighted by atomic mass is 35.5. The molecule has 1 atom stereocenters. The molecule has 1 heterocycles. The number of piperidine rings is 1. The maximum atomic E-state index is 12.6. The minimum absolute atomic E-state index is 0. The predicted octanol–water partition coefficient (Wildman–Crippen LogP) is 2.32. The number of hydrogen-bond donors (Lipinski definition) is 2. The van der Waals surface area contributed by atoms with Gasteiger partial charge >= 0.3 is 0 Å². The molecule has 2 N–H and O–H groups in total. The summed E-state index contributed by atoms with van der Waals surface area (Å²) in [5.41, 5.74) is 2.22. The molecule has 0 radical (unpaired) electrons. The summed E-state index contributed by atoms with van der Waals surface area (Å²) in [6, 6.07) is 8.60. The largest absolute Gasteiger partial charge is 0.351 e. The Labute approximate surface area is 126 Å². The average Bonchev–Trinajstić information content (AvgIpc) is 3.22. The fraction of sp³-hybridized carbons (Fsp3) is 0.562. The molecule has 0 bridgehead atoms. The second-order valence-corrected chi connectivity index (χ2v) is 5.91. The first-order valence-corrected chi connectivity index (χ1v) is 7.30. The Morgan fingerprint density at radius 3 is 2.70 bits per heavy atom. The molecule has 3 rings (SSSR count). The maximum Gasteiger partial charge on any atom is 0.230 e. The van der Waals surface area contributed by atoms with Gasteiger partial charge in [-0.05, 0) is 50.3 Å². The molecule has 3 nitrogen and oxygen atoms in total. The standard InChI is InChI=1S/C16H22N2O.ClH/c1-12-5-2-3-7-14(12)16(8-9-16)15(19)18-13-6-4-10-17-11-13;/h2-3,5,7,13,17H,4,6,8-11H2,1H3,(H,18,19);1H/t13-;/m0./s1. The van der Waals surface area contributed by atoms with Crippen LogP contribution in [0.15, 0.2) is 24.3 Å². The van der Waals surface area contributed by atoms with E-state index in [0.717, 1.165) is 38.8 Å². The lowest BCUT2D eigenvalue weighted by Gasteiger charge is -2.27. The minimum atomic E-state index is -0.233. The first kappa shape index (κ1) is 15.3. The Kier molecular flexibility index (Phi) is 4.71. The third-order valence-electron chi connectivity index (χ3n) is 4.48. The van der Waals surface area contributed by atoms with Crippen molar-refractivity contribution in [3.63, 3.8) is 0 Å². The number of hydrogen-bond acceptors (Lipinski definition) is 2. The quantitative estimate of drug-likeness (QED) is 0.898. The normalized spacial score (nSPS) is 23.6. The Hall–Kier alpha value is -1.06. The van der Waals surface area contributed by atoms with Crippen molar-refractivity contribution in [3.8, 4) is 0 Å². The summed E-state index contributed by atoms with van der Waals surface area (Å²) >= 11 is 0. The number of nitrogens with one attached hydrogen (secondary N) is 2. The zero-order chi connectivity index (χ0) is 13.3. The van der Waals surface area contributed by atoms with Crippen LogP contribution < -0.4 is 10.6 Å². The number of rotatable bonds is 3. The van der Waals surface area contributed by atoms with E-state index in [9.17, 15) is 4.79 Å². The molecule has 0 spiro atoms. The van der Waals surface area contributed by atoms with Gasteiger partial charge in [-0.3, -0.25) is 4.79 Å². The molecule has 2 aliphatic rings. The van der Waals surface area contributed by atoms with E-state index in [2.05, 4.69) is 29.7 Å². The van der Waals surface area contributed by atoms with Crippen molar-refractivity contribution in [2.24, 2.45) is 0 Å². The lowest BCUT2D eigenvalue weighted by atomic mass is 9.90. The fourth-order valence-corrected chi connectivity index (χ4v) is 3.15.